The minimum Gasteiger partial charge on any atom is -0.393 e. The van der Waals surface area contributed by atoms with Crippen LogP contribution in [-0.2, 0) is 13.6 Å². The molecule has 3 N–H and O–H groups in total. The van der Waals surface area contributed by atoms with E-state index in [2.05, 4.69) is 10.00 Å². The Balaban J connectivity index is 1.60. The van der Waals surface area contributed by atoms with E-state index in [9.17, 15) is 9.90 Å². The average molecular weight is 337 g/mol. The number of aryl methyl sites for hydroxylation is 1. The summed E-state index contributed by atoms with van der Waals surface area (Å²) in [6, 6.07) is 0. The van der Waals surface area contributed by atoms with Gasteiger partial charge in [0.25, 0.3) is 0 Å². The number of hydrogen-bond donors (Lipinski definition) is 2. The number of nitrogens with zero attached hydrogens (tertiary/aromatic N) is 4. The summed E-state index contributed by atoms with van der Waals surface area (Å²) in [6.45, 7) is 4.56. The Bertz CT molecular complexity index is 590. The van der Waals surface area contributed by atoms with Crippen LogP contribution in [0.2, 0.25) is 0 Å². The molecule has 1 saturated heterocycles. The maximum atomic E-state index is 12.4. The van der Waals surface area contributed by atoms with Gasteiger partial charge >= 0.3 is 5.69 Å². The fourth-order valence-electron chi connectivity index (χ4n) is 4.20. The number of aromatic nitrogens is 3. The van der Waals surface area contributed by atoms with E-state index in [1.165, 1.54) is 32.4 Å². The molecule has 3 atom stereocenters. The molecule has 2 fully saturated rings. The molecule has 0 radical (unpaired) electrons. The predicted octanol–water partition coefficient (Wildman–Crippen LogP) is 0.271. The first-order chi connectivity index (χ1) is 11.6. The number of rotatable bonds is 6. The summed E-state index contributed by atoms with van der Waals surface area (Å²) < 4.78 is 3.25. The maximum absolute atomic E-state index is 12.4. The van der Waals surface area contributed by atoms with E-state index in [1.807, 2.05) is 0 Å². The lowest BCUT2D eigenvalue weighted by molar-refractivity contribution is 0.136. The number of aliphatic hydroxyl groups is 1. The van der Waals surface area contributed by atoms with Crippen molar-refractivity contribution in [1.82, 2.24) is 19.2 Å². The van der Waals surface area contributed by atoms with Crippen LogP contribution in [0.25, 0.3) is 0 Å². The fourth-order valence-corrected chi connectivity index (χ4v) is 4.20. The molecule has 0 unspecified atom stereocenters. The third kappa shape index (κ3) is 3.73. The fraction of sp³-hybridized carbons (Fsp3) is 0.882. The number of aliphatic hydroxyl groups excluding tert-OH is 1. The predicted molar refractivity (Wildman–Crippen MR) is 92.9 cm³/mol. The number of piperidine rings is 1. The topological polar surface area (TPSA) is 89.3 Å². The molecule has 136 valence electrons. The SMILES string of the molecule is Cn1c([C@H]2C[C@H](CN)[C@H](O)C2)nn(CCCN2CCCCC2)c1=O. The molecule has 0 spiro atoms. The Morgan fingerprint density at radius 2 is 1.96 bits per heavy atom. The van der Waals surface area contributed by atoms with Crippen molar-refractivity contribution in [2.75, 3.05) is 26.2 Å². The second-order valence-corrected chi connectivity index (χ2v) is 7.41. The molecule has 1 aromatic heterocycles. The lowest BCUT2D eigenvalue weighted by Gasteiger charge is -2.26. The van der Waals surface area contributed by atoms with Gasteiger partial charge in [0.2, 0.25) is 0 Å². The van der Waals surface area contributed by atoms with Crippen LogP contribution >= 0.6 is 0 Å². The highest BCUT2D eigenvalue weighted by Crippen LogP contribution is 2.36. The van der Waals surface area contributed by atoms with Crippen LogP contribution in [0.3, 0.4) is 0 Å². The molecule has 7 heteroatoms. The summed E-state index contributed by atoms with van der Waals surface area (Å²) in [5.74, 6) is 1.05. The van der Waals surface area contributed by atoms with Gasteiger partial charge < -0.3 is 15.7 Å². The van der Waals surface area contributed by atoms with Crippen LogP contribution < -0.4 is 11.4 Å². The molecular formula is C17H31N5O2. The van der Waals surface area contributed by atoms with Crippen molar-refractivity contribution in [3.63, 3.8) is 0 Å². The van der Waals surface area contributed by atoms with Crippen molar-refractivity contribution < 1.29 is 5.11 Å². The van der Waals surface area contributed by atoms with E-state index in [-0.39, 0.29) is 23.6 Å². The molecule has 2 heterocycles. The first-order valence-corrected chi connectivity index (χ1v) is 9.34. The summed E-state index contributed by atoms with van der Waals surface area (Å²) in [7, 11) is 1.79. The molecule has 1 saturated carbocycles. The Morgan fingerprint density at radius 3 is 2.62 bits per heavy atom. The highest BCUT2D eigenvalue weighted by molar-refractivity contribution is 5.03. The standard InChI is InChI=1S/C17H31N5O2/c1-20-16(13-10-14(12-18)15(23)11-13)19-22(17(20)24)9-5-8-21-6-3-2-4-7-21/h13-15,23H,2-12,18H2,1H3/t13-,14+,15+/m0/s1. The van der Waals surface area contributed by atoms with Crippen LogP contribution in [0.4, 0.5) is 0 Å². The smallest absolute Gasteiger partial charge is 0.345 e. The van der Waals surface area contributed by atoms with Gasteiger partial charge in [-0.15, -0.1) is 0 Å². The van der Waals surface area contributed by atoms with Gasteiger partial charge in [0.05, 0.1) is 6.10 Å². The molecule has 0 amide bonds. The molecular weight excluding hydrogens is 306 g/mol. The summed E-state index contributed by atoms with van der Waals surface area (Å²) in [4.78, 5) is 14.9. The average Bonchev–Trinajstić information content (AvgIpc) is 3.10. The van der Waals surface area contributed by atoms with Crippen molar-refractivity contribution in [2.45, 2.75) is 57.1 Å². The van der Waals surface area contributed by atoms with Crippen LogP contribution in [0.1, 0.15) is 50.3 Å². The van der Waals surface area contributed by atoms with Gasteiger partial charge in [0, 0.05) is 19.5 Å². The van der Waals surface area contributed by atoms with Crippen LogP contribution in [0.15, 0.2) is 4.79 Å². The molecule has 2 aliphatic rings. The zero-order valence-electron chi connectivity index (χ0n) is 14.7. The lowest BCUT2D eigenvalue weighted by Crippen LogP contribution is -2.32. The first kappa shape index (κ1) is 17.6. The van der Waals surface area contributed by atoms with E-state index in [1.54, 1.807) is 16.3 Å². The second-order valence-electron chi connectivity index (χ2n) is 7.41. The Kier molecular flexibility index (Phi) is 5.73. The largest absolute Gasteiger partial charge is 0.393 e. The lowest BCUT2D eigenvalue weighted by atomic mass is 10.0. The zero-order chi connectivity index (χ0) is 17.1. The maximum Gasteiger partial charge on any atom is 0.345 e. The molecule has 1 aromatic rings. The van der Waals surface area contributed by atoms with E-state index in [0.29, 0.717) is 19.5 Å². The third-order valence-corrected chi connectivity index (χ3v) is 5.69. The number of nitrogens with two attached hydrogens (primary N) is 1. The molecule has 0 bridgehead atoms. The molecule has 1 aliphatic heterocycles. The Hall–Kier alpha value is -1.18. The van der Waals surface area contributed by atoms with Crippen molar-refractivity contribution in [3.05, 3.63) is 16.3 Å². The Morgan fingerprint density at radius 1 is 1.21 bits per heavy atom. The second kappa shape index (κ2) is 7.80. The van der Waals surface area contributed by atoms with E-state index in [4.69, 9.17) is 5.73 Å². The van der Waals surface area contributed by atoms with E-state index < -0.39 is 0 Å². The zero-order valence-corrected chi connectivity index (χ0v) is 14.7. The van der Waals surface area contributed by atoms with Crippen LogP contribution in [0, 0.1) is 5.92 Å². The van der Waals surface area contributed by atoms with E-state index >= 15 is 0 Å². The van der Waals surface area contributed by atoms with Gasteiger partial charge in [-0.25, -0.2) is 9.48 Å². The molecule has 7 nitrogen and oxygen atoms in total. The monoisotopic (exact) mass is 337 g/mol. The van der Waals surface area contributed by atoms with E-state index in [0.717, 1.165) is 25.2 Å². The van der Waals surface area contributed by atoms with Gasteiger partial charge in [-0.3, -0.25) is 4.57 Å². The summed E-state index contributed by atoms with van der Waals surface area (Å²) in [5.41, 5.74) is 5.67. The van der Waals surface area contributed by atoms with Gasteiger partial charge in [-0.2, -0.15) is 5.10 Å². The highest BCUT2D eigenvalue weighted by Gasteiger charge is 2.35. The van der Waals surface area contributed by atoms with Crippen LogP contribution in [-0.4, -0.2) is 56.6 Å². The van der Waals surface area contributed by atoms with Crippen molar-refractivity contribution >= 4 is 0 Å². The molecule has 24 heavy (non-hydrogen) atoms. The first-order valence-electron chi connectivity index (χ1n) is 9.34. The van der Waals surface area contributed by atoms with Crippen molar-refractivity contribution in [3.8, 4) is 0 Å². The minimum atomic E-state index is -0.376. The van der Waals surface area contributed by atoms with Gasteiger partial charge in [0.1, 0.15) is 5.82 Å². The quantitative estimate of drug-likeness (QED) is 0.778. The van der Waals surface area contributed by atoms with Gasteiger partial charge in [0.15, 0.2) is 0 Å². The van der Waals surface area contributed by atoms with Crippen molar-refractivity contribution in [2.24, 2.45) is 18.7 Å². The minimum absolute atomic E-state index is 0.0469. The summed E-state index contributed by atoms with van der Waals surface area (Å²) >= 11 is 0. The van der Waals surface area contributed by atoms with Crippen molar-refractivity contribution in [1.29, 1.82) is 0 Å². The summed E-state index contributed by atoms with van der Waals surface area (Å²) in [6.07, 6.45) is 5.97. The Labute approximate surface area is 143 Å². The molecule has 1 aliphatic carbocycles. The highest BCUT2D eigenvalue weighted by atomic mass is 16.3. The van der Waals surface area contributed by atoms with Gasteiger partial charge in [-0.05, 0) is 64.2 Å². The number of hydrogen-bond acceptors (Lipinski definition) is 5. The normalized spacial score (nSPS) is 28.5. The number of likely N-dealkylation sites (tertiary alicyclic amines) is 1. The van der Waals surface area contributed by atoms with Gasteiger partial charge in [-0.1, -0.05) is 6.42 Å². The third-order valence-electron chi connectivity index (χ3n) is 5.69. The molecule has 3 rings (SSSR count). The summed E-state index contributed by atoms with van der Waals surface area (Å²) in [5, 5.41) is 14.6. The van der Waals surface area contributed by atoms with Crippen LogP contribution in [0.5, 0.6) is 0 Å². The molecule has 0 aromatic carbocycles.